The van der Waals surface area contributed by atoms with Crippen molar-refractivity contribution >= 4 is 51.0 Å². The van der Waals surface area contributed by atoms with Crippen LogP contribution in [0.4, 0.5) is 0 Å². The van der Waals surface area contributed by atoms with Gasteiger partial charge in [-0.15, -0.1) is 11.8 Å². The number of Topliss-reactive ketones (excluding diaryl/α,β-unsaturated/α-hetero) is 1. The topological polar surface area (TPSA) is 79.0 Å². The van der Waals surface area contributed by atoms with E-state index in [0.29, 0.717) is 41.7 Å². The summed E-state index contributed by atoms with van der Waals surface area (Å²) in [4.78, 5) is 24.2. The summed E-state index contributed by atoms with van der Waals surface area (Å²) in [5, 5.41) is 10.3. The molecule has 174 valence electrons. The predicted octanol–water partition coefficient (Wildman–Crippen LogP) is 5.72. The fraction of sp³-hybridized carbons (Fsp3) is 0.391. The van der Waals surface area contributed by atoms with Crippen LogP contribution in [0.15, 0.2) is 40.1 Å². The zero-order valence-corrected chi connectivity index (χ0v) is 21.5. The highest BCUT2D eigenvalue weighted by atomic mass is 79.9. The first-order valence-corrected chi connectivity index (χ1v) is 12.9. The van der Waals surface area contributed by atoms with Crippen LogP contribution in [-0.2, 0) is 16.6 Å². The molecule has 0 saturated heterocycles. The lowest BCUT2D eigenvalue weighted by Gasteiger charge is -2.06. The molecule has 0 radical (unpaired) electrons. The van der Waals surface area contributed by atoms with E-state index in [1.54, 1.807) is 28.6 Å². The maximum Gasteiger partial charge on any atom is 0.306 e. The van der Waals surface area contributed by atoms with Gasteiger partial charge in [-0.25, -0.2) is 9.36 Å². The second-order valence-electron chi connectivity index (χ2n) is 7.91. The van der Waals surface area contributed by atoms with Crippen molar-refractivity contribution in [3.05, 3.63) is 45.7 Å². The van der Waals surface area contributed by atoms with Gasteiger partial charge in [0.2, 0.25) is 0 Å². The van der Waals surface area contributed by atoms with Gasteiger partial charge < -0.3 is 4.74 Å². The number of ether oxygens (including phenoxy) is 1. The third-order valence-electron chi connectivity index (χ3n) is 5.35. The van der Waals surface area contributed by atoms with Gasteiger partial charge in [0.05, 0.1) is 28.7 Å². The van der Waals surface area contributed by atoms with Crippen LogP contribution in [0.5, 0.6) is 0 Å². The second-order valence-corrected chi connectivity index (χ2v) is 10.2. The van der Waals surface area contributed by atoms with E-state index in [0.717, 1.165) is 39.3 Å². The number of aromatic nitrogens is 4. The Morgan fingerprint density at radius 2 is 2.09 bits per heavy atom. The zero-order valence-electron chi connectivity index (χ0n) is 18.4. The van der Waals surface area contributed by atoms with Crippen molar-refractivity contribution in [3.63, 3.8) is 0 Å². The second kappa shape index (κ2) is 10.4. The molecule has 0 atom stereocenters. The van der Waals surface area contributed by atoms with E-state index in [1.807, 2.05) is 25.4 Å². The molecular weight excluding hydrogens is 528 g/mol. The number of hydrogen-bond donors (Lipinski definition) is 0. The summed E-state index contributed by atoms with van der Waals surface area (Å²) in [5.74, 6) is 1.72. The van der Waals surface area contributed by atoms with Gasteiger partial charge in [-0.2, -0.15) is 10.2 Å². The minimum Gasteiger partial charge on any atom is -0.466 e. The number of rotatable bonds is 10. The van der Waals surface area contributed by atoms with E-state index in [2.05, 4.69) is 26.1 Å². The van der Waals surface area contributed by atoms with Crippen LogP contribution < -0.4 is 0 Å². The van der Waals surface area contributed by atoms with Gasteiger partial charge in [-0.1, -0.05) is 17.7 Å². The maximum absolute atomic E-state index is 12.6. The number of benzene rings is 1. The highest BCUT2D eigenvalue weighted by Gasteiger charge is 2.26. The SMILES string of the molecule is CCOC(=O)CCSc1nn(C)c(-n2cc(-c3ccc(Cl)c(C(=O)CC4CC4)c3)cn2)c1Br. The Morgan fingerprint density at radius 1 is 1.30 bits per heavy atom. The highest BCUT2D eigenvalue weighted by molar-refractivity contribution is 9.10. The van der Waals surface area contributed by atoms with Crippen LogP contribution in [0.25, 0.3) is 16.9 Å². The van der Waals surface area contributed by atoms with Crippen molar-refractivity contribution in [2.75, 3.05) is 12.4 Å². The summed E-state index contributed by atoms with van der Waals surface area (Å²) in [6, 6.07) is 5.52. The summed E-state index contributed by atoms with van der Waals surface area (Å²) in [6.07, 6.45) is 6.78. The van der Waals surface area contributed by atoms with Crippen LogP contribution in [0.2, 0.25) is 5.02 Å². The minimum absolute atomic E-state index is 0.0932. The highest BCUT2D eigenvalue weighted by Crippen LogP contribution is 2.36. The molecule has 0 bridgehead atoms. The fourth-order valence-electron chi connectivity index (χ4n) is 3.47. The van der Waals surface area contributed by atoms with Gasteiger partial charge in [-0.3, -0.25) is 9.59 Å². The van der Waals surface area contributed by atoms with Gasteiger partial charge in [-0.05, 0) is 59.3 Å². The van der Waals surface area contributed by atoms with Gasteiger partial charge in [0.15, 0.2) is 11.6 Å². The van der Waals surface area contributed by atoms with Crippen molar-refractivity contribution in [3.8, 4) is 16.9 Å². The molecule has 1 aliphatic carbocycles. The molecule has 1 fully saturated rings. The molecule has 1 saturated carbocycles. The van der Waals surface area contributed by atoms with Crippen molar-refractivity contribution in [1.82, 2.24) is 19.6 Å². The monoisotopic (exact) mass is 550 g/mol. The molecule has 0 aliphatic heterocycles. The number of carbonyl (C=O) groups excluding carboxylic acids is 2. The molecule has 0 amide bonds. The Labute approximate surface area is 209 Å². The first-order valence-electron chi connectivity index (χ1n) is 10.8. The Bertz CT molecular complexity index is 1190. The number of nitrogens with zero attached hydrogens (tertiary/aromatic N) is 4. The van der Waals surface area contributed by atoms with Crippen molar-refractivity contribution in [2.45, 2.75) is 37.6 Å². The van der Waals surface area contributed by atoms with Gasteiger partial charge in [0, 0.05) is 36.5 Å². The molecular formula is C23H24BrClN4O3S. The molecule has 4 rings (SSSR count). The van der Waals surface area contributed by atoms with Gasteiger partial charge >= 0.3 is 5.97 Å². The maximum atomic E-state index is 12.6. The molecule has 2 heterocycles. The smallest absolute Gasteiger partial charge is 0.306 e. The van der Waals surface area contributed by atoms with Gasteiger partial charge in [0.1, 0.15) is 5.03 Å². The molecule has 7 nitrogen and oxygen atoms in total. The van der Waals surface area contributed by atoms with E-state index < -0.39 is 0 Å². The predicted molar refractivity (Wildman–Crippen MR) is 132 cm³/mol. The number of hydrogen-bond acceptors (Lipinski definition) is 6. The minimum atomic E-state index is -0.216. The standard InChI is InChI=1S/C23H24BrClN4O3S/c1-3-32-20(31)8-9-33-22-21(24)23(28(2)27-22)29-13-16(12-26-29)15-6-7-18(25)17(11-15)19(30)10-14-4-5-14/h6-7,11-14H,3-5,8-10H2,1-2H3. The molecule has 1 aliphatic rings. The van der Waals surface area contributed by atoms with E-state index in [1.165, 1.54) is 11.8 Å². The number of esters is 1. The Hall–Kier alpha value is -2.10. The summed E-state index contributed by atoms with van der Waals surface area (Å²) < 4.78 is 9.24. The Morgan fingerprint density at radius 3 is 2.82 bits per heavy atom. The molecule has 2 aromatic heterocycles. The lowest BCUT2D eigenvalue weighted by molar-refractivity contribution is -0.142. The zero-order chi connectivity index (χ0) is 23.5. The molecule has 10 heteroatoms. The number of thioether (sulfide) groups is 1. The third-order valence-corrected chi connectivity index (χ3v) is 7.64. The van der Waals surface area contributed by atoms with E-state index in [4.69, 9.17) is 16.3 Å². The number of ketones is 1. The van der Waals surface area contributed by atoms with E-state index in [-0.39, 0.29) is 11.8 Å². The Kier molecular flexibility index (Phi) is 7.61. The van der Waals surface area contributed by atoms with E-state index in [9.17, 15) is 9.59 Å². The van der Waals surface area contributed by atoms with Crippen molar-refractivity contribution < 1.29 is 14.3 Å². The number of halogens is 2. The Balaban J connectivity index is 1.52. The molecule has 0 spiro atoms. The van der Waals surface area contributed by atoms with Gasteiger partial charge in [0.25, 0.3) is 0 Å². The van der Waals surface area contributed by atoms with Crippen molar-refractivity contribution in [2.24, 2.45) is 13.0 Å². The van der Waals surface area contributed by atoms with E-state index >= 15 is 0 Å². The third kappa shape index (κ3) is 5.70. The molecule has 0 unspecified atom stereocenters. The summed E-state index contributed by atoms with van der Waals surface area (Å²) in [7, 11) is 1.84. The molecule has 0 N–H and O–H groups in total. The first-order chi connectivity index (χ1) is 15.9. The van der Waals surface area contributed by atoms with Crippen LogP contribution >= 0.6 is 39.3 Å². The fourth-order valence-corrected chi connectivity index (χ4v) is 5.42. The summed E-state index contributed by atoms with van der Waals surface area (Å²) in [6.45, 7) is 2.17. The van der Waals surface area contributed by atoms with Crippen LogP contribution in [0.1, 0.15) is 43.0 Å². The average molecular weight is 552 g/mol. The van der Waals surface area contributed by atoms with Crippen molar-refractivity contribution in [1.29, 1.82) is 0 Å². The lowest BCUT2D eigenvalue weighted by atomic mass is 10.0. The van der Waals surface area contributed by atoms with Crippen LogP contribution in [0, 0.1) is 5.92 Å². The summed E-state index contributed by atoms with van der Waals surface area (Å²) >= 11 is 11.4. The molecule has 3 aromatic rings. The van der Waals surface area contributed by atoms with Crippen LogP contribution in [-0.4, -0.2) is 43.7 Å². The van der Waals surface area contributed by atoms with Crippen LogP contribution in [0.3, 0.4) is 0 Å². The average Bonchev–Trinajstić information content (AvgIpc) is 3.38. The number of carbonyl (C=O) groups is 2. The number of aryl methyl sites for hydroxylation is 1. The first kappa shape index (κ1) is 24.0. The lowest BCUT2D eigenvalue weighted by Crippen LogP contribution is -2.04. The molecule has 33 heavy (non-hydrogen) atoms. The normalized spacial score (nSPS) is 13.3. The largest absolute Gasteiger partial charge is 0.466 e. The quantitative estimate of drug-likeness (QED) is 0.182. The molecule has 1 aromatic carbocycles. The summed E-state index contributed by atoms with van der Waals surface area (Å²) in [5.41, 5.74) is 2.32.